The maximum absolute atomic E-state index is 13.0. The van der Waals surface area contributed by atoms with Crippen LogP contribution < -0.4 is 5.32 Å². The summed E-state index contributed by atoms with van der Waals surface area (Å²) in [6.45, 7) is 0. The zero-order valence-electron chi connectivity index (χ0n) is 15.5. The highest BCUT2D eigenvalue weighted by Gasteiger charge is 2.19. The van der Waals surface area contributed by atoms with Gasteiger partial charge in [-0.05, 0) is 42.5 Å². The van der Waals surface area contributed by atoms with Crippen LogP contribution in [0.15, 0.2) is 83.5 Å². The number of carbonyl (C=O) groups excluding carboxylic acids is 2. The summed E-state index contributed by atoms with van der Waals surface area (Å²) in [7, 11) is 1.31. The van der Waals surface area contributed by atoms with Crippen LogP contribution in [-0.4, -0.2) is 28.8 Å². The van der Waals surface area contributed by atoms with Crippen LogP contribution >= 0.6 is 0 Å². The first-order valence-electron chi connectivity index (χ1n) is 8.85. The Labute approximate surface area is 166 Å². The second-order valence-corrected chi connectivity index (χ2v) is 6.17. The van der Waals surface area contributed by atoms with Gasteiger partial charge in [0.25, 0.3) is 5.91 Å². The predicted octanol–water partition coefficient (Wildman–Crippen LogP) is 4.17. The normalized spacial score (nSPS) is 10.5. The summed E-state index contributed by atoms with van der Waals surface area (Å²) < 4.78 is 11.7. The Morgan fingerprint density at radius 1 is 1.00 bits per heavy atom. The van der Waals surface area contributed by atoms with Gasteiger partial charge in [0.2, 0.25) is 0 Å². The zero-order chi connectivity index (χ0) is 20.2. The van der Waals surface area contributed by atoms with Gasteiger partial charge in [-0.25, -0.2) is 9.48 Å². The van der Waals surface area contributed by atoms with Gasteiger partial charge in [0.15, 0.2) is 5.76 Å². The molecule has 1 N–H and O–H groups in total. The second kappa shape index (κ2) is 7.85. The standard InChI is InChI=1S/C22H17N3O4/c1-28-22(27)15-7-5-8-16(13-15)23-21(26)19-14-18(20-11-6-12-29-20)24-25(19)17-9-3-2-4-10-17/h2-14H,1H3,(H,23,26). The van der Waals surface area contributed by atoms with Gasteiger partial charge in [-0.2, -0.15) is 5.10 Å². The number of amides is 1. The minimum absolute atomic E-state index is 0.325. The molecule has 7 nitrogen and oxygen atoms in total. The van der Waals surface area contributed by atoms with E-state index in [0.717, 1.165) is 5.69 Å². The average molecular weight is 387 g/mol. The molecule has 1 amide bonds. The second-order valence-electron chi connectivity index (χ2n) is 6.17. The Morgan fingerprint density at radius 3 is 2.55 bits per heavy atom. The molecule has 0 spiro atoms. The van der Waals surface area contributed by atoms with Crippen LogP contribution in [0.25, 0.3) is 17.1 Å². The fourth-order valence-corrected chi connectivity index (χ4v) is 2.89. The van der Waals surface area contributed by atoms with Gasteiger partial charge in [-0.1, -0.05) is 24.3 Å². The van der Waals surface area contributed by atoms with E-state index in [2.05, 4.69) is 10.4 Å². The van der Waals surface area contributed by atoms with Crippen molar-refractivity contribution in [1.82, 2.24) is 9.78 Å². The van der Waals surface area contributed by atoms with Gasteiger partial charge in [0.05, 0.1) is 24.6 Å². The highest BCUT2D eigenvalue weighted by Crippen LogP contribution is 2.23. The number of hydrogen-bond donors (Lipinski definition) is 1. The summed E-state index contributed by atoms with van der Waals surface area (Å²) in [6.07, 6.45) is 1.55. The number of anilines is 1. The number of methoxy groups -OCH3 is 1. The van der Waals surface area contributed by atoms with Crippen molar-refractivity contribution in [2.75, 3.05) is 12.4 Å². The Morgan fingerprint density at radius 2 is 1.83 bits per heavy atom. The van der Waals surface area contributed by atoms with Crippen LogP contribution in [-0.2, 0) is 4.74 Å². The number of benzene rings is 2. The van der Waals surface area contributed by atoms with Crippen molar-refractivity contribution in [3.63, 3.8) is 0 Å². The molecule has 4 rings (SSSR count). The summed E-state index contributed by atoms with van der Waals surface area (Å²) >= 11 is 0. The molecular weight excluding hydrogens is 370 g/mol. The molecule has 2 aromatic heterocycles. The smallest absolute Gasteiger partial charge is 0.337 e. The van der Waals surface area contributed by atoms with Gasteiger partial charge >= 0.3 is 5.97 Å². The number of furan rings is 1. The average Bonchev–Trinajstić information content (AvgIpc) is 3.44. The van der Waals surface area contributed by atoms with E-state index in [4.69, 9.17) is 9.15 Å². The van der Waals surface area contributed by atoms with E-state index >= 15 is 0 Å². The number of para-hydroxylation sites is 1. The lowest BCUT2D eigenvalue weighted by molar-refractivity contribution is 0.0600. The number of nitrogens with one attached hydrogen (secondary N) is 1. The van der Waals surface area contributed by atoms with Crippen molar-refractivity contribution in [2.45, 2.75) is 0 Å². The van der Waals surface area contributed by atoms with E-state index in [1.54, 1.807) is 53.4 Å². The molecule has 0 radical (unpaired) electrons. The molecule has 144 valence electrons. The molecule has 2 heterocycles. The molecule has 0 unspecified atom stereocenters. The van der Waals surface area contributed by atoms with Crippen molar-refractivity contribution in [3.05, 3.63) is 90.3 Å². The minimum atomic E-state index is -0.476. The fraction of sp³-hybridized carbons (Fsp3) is 0.0455. The topological polar surface area (TPSA) is 86.4 Å². The van der Waals surface area contributed by atoms with Crippen molar-refractivity contribution in [3.8, 4) is 17.1 Å². The lowest BCUT2D eigenvalue weighted by Crippen LogP contribution is -2.17. The highest BCUT2D eigenvalue weighted by atomic mass is 16.5. The quantitative estimate of drug-likeness (QED) is 0.520. The molecular formula is C22H17N3O4. The van der Waals surface area contributed by atoms with E-state index in [0.29, 0.717) is 28.4 Å². The van der Waals surface area contributed by atoms with Crippen molar-refractivity contribution in [2.24, 2.45) is 0 Å². The SMILES string of the molecule is COC(=O)c1cccc(NC(=O)c2cc(-c3ccco3)nn2-c2ccccc2)c1. The third-order valence-corrected chi connectivity index (χ3v) is 4.26. The van der Waals surface area contributed by atoms with E-state index in [9.17, 15) is 9.59 Å². The molecule has 0 saturated heterocycles. The molecule has 0 fully saturated rings. The van der Waals surface area contributed by atoms with Crippen molar-refractivity contribution >= 4 is 17.6 Å². The summed E-state index contributed by atoms with van der Waals surface area (Å²) in [5.41, 5.74) is 2.41. The monoisotopic (exact) mass is 387 g/mol. The lowest BCUT2D eigenvalue weighted by Gasteiger charge is -2.09. The molecule has 29 heavy (non-hydrogen) atoms. The summed E-state index contributed by atoms with van der Waals surface area (Å²) in [4.78, 5) is 24.8. The number of carbonyl (C=O) groups is 2. The highest BCUT2D eigenvalue weighted by molar-refractivity contribution is 6.04. The maximum atomic E-state index is 13.0. The van der Waals surface area contributed by atoms with Crippen LogP contribution in [0.4, 0.5) is 5.69 Å². The van der Waals surface area contributed by atoms with Crippen molar-refractivity contribution < 1.29 is 18.7 Å². The Bertz CT molecular complexity index is 1150. The van der Waals surface area contributed by atoms with Gasteiger partial charge in [-0.15, -0.1) is 0 Å². The Balaban J connectivity index is 1.70. The first-order chi connectivity index (χ1) is 14.2. The maximum Gasteiger partial charge on any atom is 0.337 e. The molecule has 0 aliphatic rings. The van der Waals surface area contributed by atoms with Gasteiger partial charge in [0.1, 0.15) is 11.4 Å². The summed E-state index contributed by atoms with van der Waals surface area (Å²) in [5.74, 6) is -0.293. The van der Waals surface area contributed by atoms with Gasteiger partial charge in [0, 0.05) is 11.8 Å². The number of ether oxygens (including phenoxy) is 1. The molecule has 0 aliphatic carbocycles. The first kappa shape index (κ1) is 18.2. The van der Waals surface area contributed by atoms with Crippen LogP contribution in [0.2, 0.25) is 0 Å². The third-order valence-electron chi connectivity index (χ3n) is 4.26. The Hall–Kier alpha value is -4.13. The summed E-state index contributed by atoms with van der Waals surface area (Å²) in [6, 6.07) is 21.1. The van der Waals surface area contributed by atoms with E-state index in [1.807, 2.05) is 30.3 Å². The third kappa shape index (κ3) is 3.79. The molecule has 0 aliphatic heterocycles. The molecule has 4 aromatic rings. The number of esters is 1. The first-order valence-corrected chi connectivity index (χ1v) is 8.85. The molecule has 0 saturated carbocycles. The minimum Gasteiger partial charge on any atom is -0.465 e. The Kier molecular flexibility index (Phi) is 4.94. The van der Waals surface area contributed by atoms with E-state index in [1.165, 1.54) is 7.11 Å². The van der Waals surface area contributed by atoms with Gasteiger partial charge in [-0.3, -0.25) is 4.79 Å². The molecule has 2 aromatic carbocycles. The zero-order valence-corrected chi connectivity index (χ0v) is 15.5. The molecule has 7 heteroatoms. The number of hydrogen-bond acceptors (Lipinski definition) is 5. The fourth-order valence-electron chi connectivity index (χ4n) is 2.89. The van der Waals surface area contributed by atoms with Crippen LogP contribution in [0.5, 0.6) is 0 Å². The van der Waals surface area contributed by atoms with E-state index in [-0.39, 0.29) is 5.91 Å². The lowest BCUT2D eigenvalue weighted by atomic mass is 10.2. The van der Waals surface area contributed by atoms with Crippen molar-refractivity contribution in [1.29, 1.82) is 0 Å². The molecule has 0 bridgehead atoms. The summed E-state index contributed by atoms with van der Waals surface area (Å²) in [5, 5.41) is 7.34. The van der Waals surface area contributed by atoms with E-state index < -0.39 is 5.97 Å². The number of aromatic nitrogens is 2. The number of rotatable bonds is 5. The van der Waals surface area contributed by atoms with Gasteiger partial charge < -0.3 is 14.5 Å². The number of nitrogens with zero attached hydrogens (tertiary/aromatic N) is 2. The largest absolute Gasteiger partial charge is 0.465 e. The predicted molar refractivity (Wildman–Crippen MR) is 107 cm³/mol. The van der Waals surface area contributed by atoms with Crippen LogP contribution in [0.1, 0.15) is 20.8 Å². The van der Waals surface area contributed by atoms with Crippen LogP contribution in [0.3, 0.4) is 0 Å². The van der Waals surface area contributed by atoms with Crippen LogP contribution in [0, 0.1) is 0 Å². The molecule has 0 atom stereocenters.